The van der Waals surface area contributed by atoms with E-state index in [0.717, 1.165) is 5.75 Å². The minimum atomic E-state index is -0.750. The van der Waals surface area contributed by atoms with Gasteiger partial charge in [-0.2, -0.15) is 0 Å². The van der Waals surface area contributed by atoms with Gasteiger partial charge in [0.2, 0.25) is 0 Å². The van der Waals surface area contributed by atoms with E-state index in [1.165, 1.54) is 11.1 Å². The molecule has 1 unspecified atom stereocenters. The average molecular weight is 300 g/mol. The molecule has 0 heterocycles. The molecule has 1 atom stereocenters. The fourth-order valence-electron chi connectivity index (χ4n) is 2.36. The lowest BCUT2D eigenvalue weighted by Crippen LogP contribution is -2.19. The van der Waals surface area contributed by atoms with Gasteiger partial charge >= 0.3 is 0 Å². The van der Waals surface area contributed by atoms with Crippen molar-refractivity contribution in [3.05, 3.63) is 59.7 Å². The molecule has 1 N–H and O–H groups in total. The Labute approximate surface area is 132 Å². The van der Waals surface area contributed by atoms with Crippen LogP contribution in [0.25, 0.3) is 0 Å². The van der Waals surface area contributed by atoms with E-state index in [0.29, 0.717) is 12.2 Å². The Kier molecular flexibility index (Phi) is 5.09. The molecule has 3 heteroatoms. The quantitative estimate of drug-likeness (QED) is 0.815. The summed E-state index contributed by atoms with van der Waals surface area (Å²) in [7, 11) is 1.67. The maximum atomic E-state index is 9.53. The maximum absolute atomic E-state index is 9.53. The average Bonchev–Trinajstić information content (AvgIpc) is 2.55. The normalized spacial score (nSPS) is 12.8. The predicted molar refractivity (Wildman–Crippen MR) is 88.5 cm³/mol. The number of hydrogen-bond acceptors (Lipinski definition) is 3. The molecule has 118 valence electrons. The van der Waals surface area contributed by atoms with Gasteiger partial charge in [0.25, 0.3) is 0 Å². The summed E-state index contributed by atoms with van der Waals surface area (Å²) < 4.78 is 10.6. The summed E-state index contributed by atoms with van der Waals surface area (Å²) in [5.74, 6) is 1.54. The molecular weight excluding hydrogens is 276 g/mol. The third-order valence-corrected chi connectivity index (χ3v) is 4.01. The van der Waals surface area contributed by atoms with Crippen molar-refractivity contribution in [2.75, 3.05) is 7.11 Å². The van der Waals surface area contributed by atoms with Crippen molar-refractivity contribution >= 4 is 0 Å². The van der Waals surface area contributed by atoms with Crippen molar-refractivity contribution in [2.24, 2.45) is 0 Å². The Morgan fingerprint density at radius 3 is 1.77 bits per heavy atom. The zero-order valence-electron chi connectivity index (χ0n) is 13.7. The molecule has 0 radical (unpaired) electrons. The second kappa shape index (κ2) is 6.84. The fraction of sp³-hybridized carbons (Fsp3) is 0.368. The van der Waals surface area contributed by atoms with Gasteiger partial charge in [0.05, 0.1) is 7.11 Å². The van der Waals surface area contributed by atoms with Gasteiger partial charge in [-0.05, 0) is 35.4 Å². The van der Waals surface area contributed by atoms with Crippen LogP contribution >= 0.6 is 0 Å². The van der Waals surface area contributed by atoms with Crippen molar-refractivity contribution in [3.63, 3.8) is 0 Å². The molecule has 2 aromatic rings. The van der Waals surface area contributed by atoms with Crippen molar-refractivity contribution in [2.45, 2.75) is 38.9 Å². The highest BCUT2D eigenvalue weighted by Crippen LogP contribution is 2.33. The monoisotopic (exact) mass is 300 g/mol. The highest BCUT2D eigenvalue weighted by Gasteiger charge is 2.23. The Hall–Kier alpha value is -2.00. The zero-order chi connectivity index (χ0) is 16.2. The summed E-state index contributed by atoms with van der Waals surface area (Å²) in [5.41, 5.74) is 2.29. The van der Waals surface area contributed by atoms with E-state index in [9.17, 15) is 5.11 Å². The number of benzene rings is 2. The third-order valence-electron chi connectivity index (χ3n) is 4.01. The van der Waals surface area contributed by atoms with Gasteiger partial charge in [-0.25, -0.2) is 0 Å². The van der Waals surface area contributed by atoms with E-state index in [1.54, 1.807) is 7.11 Å². The summed E-state index contributed by atoms with van der Waals surface area (Å²) in [5, 5.41) is 9.53. The Balaban J connectivity index is 2.21. The van der Waals surface area contributed by atoms with E-state index in [2.05, 4.69) is 26.0 Å². The minimum absolute atomic E-state index is 0.117. The van der Waals surface area contributed by atoms with Crippen LogP contribution in [0.5, 0.6) is 11.5 Å². The van der Waals surface area contributed by atoms with Crippen LogP contribution in [-0.4, -0.2) is 18.5 Å². The number of ether oxygens (including phenoxy) is 2. The molecule has 2 aromatic carbocycles. The number of aliphatic hydroxyl groups excluding tert-OH is 1. The molecule has 0 saturated heterocycles. The largest absolute Gasteiger partial charge is 0.497 e. The minimum Gasteiger partial charge on any atom is -0.497 e. The van der Waals surface area contributed by atoms with Crippen LogP contribution in [0.2, 0.25) is 0 Å². The third kappa shape index (κ3) is 3.60. The molecule has 0 amide bonds. The topological polar surface area (TPSA) is 38.7 Å². The van der Waals surface area contributed by atoms with Crippen molar-refractivity contribution in [3.8, 4) is 11.5 Å². The molecule has 0 aliphatic rings. The van der Waals surface area contributed by atoms with Crippen molar-refractivity contribution < 1.29 is 14.6 Å². The highest BCUT2D eigenvalue weighted by molar-refractivity contribution is 5.41. The number of aliphatic hydroxyl groups is 1. The van der Waals surface area contributed by atoms with Gasteiger partial charge in [0.1, 0.15) is 11.5 Å². The lowest BCUT2D eigenvalue weighted by molar-refractivity contribution is -0.0191. The van der Waals surface area contributed by atoms with Gasteiger partial charge in [-0.3, -0.25) is 0 Å². The SMILES string of the molecule is CCC(O)Oc1ccc(C(C)(C)c2ccc(OC)cc2)cc1. The van der Waals surface area contributed by atoms with Crippen LogP contribution in [0.1, 0.15) is 38.3 Å². The first-order chi connectivity index (χ1) is 10.5. The first kappa shape index (κ1) is 16.4. The molecule has 0 spiro atoms. The van der Waals surface area contributed by atoms with E-state index < -0.39 is 6.29 Å². The fourth-order valence-corrected chi connectivity index (χ4v) is 2.36. The number of methoxy groups -OCH3 is 1. The van der Waals surface area contributed by atoms with Gasteiger partial charge in [-0.15, -0.1) is 0 Å². The van der Waals surface area contributed by atoms with Crippen LogP contribution in [0.3, 0.4) is 0 Å². The second-order valence-corrected chi connectivity index (χ2v) is 5.86. The first-order valence-electron chi connectivity index (χ1n) is 7.57. The molecule has 3 nitrogen and oxygen atoms in total. The molecule has 0 bridgehead atoms. The van der Waals surface area contributed by atoms with E-state index in [4.69, 9.17) is 9.47 Å². The summed E-state index contributed by atoms with van der Waals surface area (Å²) in [6, 6.07) is 16.0. The summed E-state index contributed by atoms with van der Waals surface area (Å²) >= 11 is 0. The Bertz CT molecular complexity index is 585. The van der Waals surface area contributed by atoms with E-state index >= 15 is 0 Å². The molecule has 0 aliphatic carbocycles. The van der Waals surface area contributed by atoms with Gasteiger partial charge in [0.15, 0.2) is 6.29 Å². The highest BCUT2D eigenvalue weighted by atomic mass is 16.6. The molecule has 0 saturated carbocycles. The molecule has 2 rings (SSSR count). The van der Waals surface area contributed by atoms with Crippen LogP contribution in [0.15, 0.2) is 48.5 Å². The number of rotatable bonds is 6. The lowest BCUT2D eigenvalue weighted by atomic mass is 9.78. The Morgan fingerprint density at radius 2 is 1.36 bits per heavy atom. The summed E-state index contributed by atoms with van der Waals surface area (Å²) in [4.78, 5) is 0. The molecular formula is C19H24O3. The molecule has 0 fully saturated rings. The Morgan fingerprint density at radius 1 is 0.909 bits per heavy atom. The molecule has 0 aliphatic heterocycles. The van der Waals surface area contributed by atoms with Crippen molar-refractivity contribution in [1.82, 2.24) is 0 Å². The standard InChI is InChI=1S/C19H24O3/c1-5-18(20)22-17-12-8-15(9-13-17)19(2,3)14-6-10-16(21-4)11-7-14/h6-13,18,20H,5H2,1-4H3. The van der Waals surface area contributed by atoms with Crippen LogP contribution in [-0.2, 0) is 5.41 Å². The summed E-state index contributed by atoms with van der Waals surface area (Å²) in [6.07, 6.45) is -0.181. The van der Waals surface area contributed by atoms with Crippen LogP contribution in [0.4, 0.5) is 0 Å². The van der Waals surface area contributed by atoms with Gasteiger partial charge < -0.3 is 14.6 Å². The molecule has 0 aromatic heterocycles. The smallest absolute Gasteiger partial charge is 0.197 e. The maximum Gasteiger partial charge on any atom is 0.197 e. The van der Waals surface area contributed by atoms with Crippen molar-refractivity contribution in [1.29, 1.82) is 0 Å². The zero-order valence-corrected chi connectivity index (χ0v) is 13.7. The van der Waals surface area contributed by atoms with Gasteiger partial charge in [0, 0.05) is 11.8 Å². The predicted octanol–water partition coefficient (Wildman–Crippen LogP) is 4.13. The van der Waals surface area contributed by atoms with E-state index in [1.807, 2.05) is 43.3 Å². The molecule has 22 heavy (non-hydrogen) atoms. The first-order valence-corrected chi connectivity index (χ1v) is 7.57. The number of hydrogen-bond donors (Lipinski definition) is 1. The van der Waals surface area contributed by atoms with Gasteiger partial charge in [-0.1, -0.05) is 45.0 Å². The summed E-state index contributed by atoms with van der Waals surface area (Å²) in [6.45, 7) is 6.25. The second-order valence-electron chi connectivity index (χ2n) is 5.86. The lowest BCUT2D eigenvalue weighted by Gasteiger charge is -2.26. The van der Waals surface area contributed by atoms with Crippen LogP contribution in [0, 0.1) is 0 Å². The van der Waals surface area contributed by atoms with Crippen LogP contribution < -0.4 is 9.47 Å². The van der Waals surface area contributed by atoms with E-state index in [-0.39, 0.29) is 5.41 Å².